The number of hydrogen-bond acceptors (Lipinski definition) is 2. The minimum absolute atomic E-state index is 0.0633. The molecule has 78 valence electrons. The minimum atomic E-state index is -3.07. The number of rotatable bonds is 3. The topological polar surface area (TPSA) is 34.1 Å². The second kappa shape index (κ2) is 4.77. The third-order valence-electron chi connectivity index (χ3n) is 1.87. The Hall–Kier alpha value is 0.130. The molecule has 0 N–H and O–H groups in total. The molecule has 0 amide bonds. The third-order valence-corrected chi connectivity index (χ3v) is 4.68. The van der Waals surface area contributed by atoms with Crippen LogP contribution in [0.2, 0.25) is 0 Å². The van der Waals surface area contributed by atoms with Crippen LogP contribution in [0.3, 0.4) is 0 Å². The number of alkyl halides is 2. The van der Waals surface area contributed by atoms with Crippen LogP contribution in [0.15, 0.2) is 29.2 Å². The van der Waals surface area contributed by atoms with E-state index in [0.29, 0.717) is 4.90 Å². The first-order chi connectivity index (χ1) is 6.47. The van der Waals surface area contributed by atoms with Crippen molar-refractivity contribution in [3.8, 4) is 0 Å². The van der Waals surface area contributed by atoms with Crippen LogP contribution in [0.1, 0.15) is 16.2 Å². The maximum absolute atomic E-state index is 11.5. The Morgan fingerprint density at radius 1 is 1.21 bits per heavy atom. The highest BCUT2D eigenvalue weighted by Crippen LogP contribution is 2.29. The molecule has 0 unspecified atom stereocenters. The van der Waals surface area contributed by atoms with Crippen LogP contribution in [0.5, 0.6) is 0 Å². The number of benzene rings is 1. The monoisotopic (exact) mass is 340 g/mol. The van der Waals surface area contributed by atoms with E-state index >= 15 is 0 Å². The Balaban J connectivity index is 3.06. The van der Waals surface area contributed by atoms with Gasteiger partial charge in [-0.1, -0.05) is 50.9 Å². The fourth-order valence-corrected chi connectivity index (χ4v) is 2.48. The van der Waals surface area contributed by atoms with E-state index in [1.54, 1.807) is 31.2 Å². The SMILES string of the molecule is CCS(=O)(=O)c1ccc(C(Br)Br)cc1. The molecule has 0 aliphatic heterocycles. The van der Waals surface area contributed by atoms with E-state index in [2.05, 4.69) is 31.9 Å². The van der Waals surface area contributed by atoms with Crippen molar-refractivity contribution in [2.45, 2.75) is 15.6 Å². The summed E-state index contributed by atoms with van der Waals surface area (Å²) >= 11 is 6.68. The van der Waals surface area contributed by atoms with Crippen LogP contribution in [0, 0.1) is 0 Å². The lowest BCUT2D eigenvalue weighted by molar-refractivity contribution is 0.597. The zero-order valence-electron chi connectivity index (χ0n) is 7.57. The van der Waals surface area contributed by atoms with Gasteiger partial charge < -0.3 is 0 Å². The lowest BCUT2D eigenvalue weighted by Gasteiger charge is -2.04. The van der Waals surface area contributed by atoms with Gasteiger partial charge in [0, 0.05) is 0 Å². The van der Waals surface area contributed by atoms with Gasteiger partial charge in [-0.05, 0) is 17.7 Å². The third kappa shape index (κ3) is 2.81. The zero-order chi connectivity index (χ0) is 10.8. The average Bonchev–Trinajstić information content (AvgIpc) is 2.18. The van der Waals surface area contributed by atoms with Crippen LogP contribution in [-0.2, 0) is 9.84 Å². The van der Waals surface area contributed by atoms with Gasteiger partial charge in [-0.3, -0.25) is 0 Å². The minimum Gasteiger partial charge on any atom is -0.224 e. The predicted molar refractivity (Wildman–Crippen MR) is 64.8 cm³/mol. The fourth-order valence-electron chi connectivity index (χ4n) is 0.987. The molecule has 0 atom stereocenters. The van der Waals surface area contributed by atoms with Gasteiger partial charge in [-0.2, -0.15) is 0 Å². The lowest BCUT2D eigenvalue weighted by Crippen LogP contribution is -2.03. The summed E-state index contributed by atoms with van der Waals surface area (Å²) in [5.41, 5.74) is 1.00. The fraction of sp³-hybridized carbons (Fsp3) is 0.333. The van der Waals surface area contributed by atoms with Crippen LogP contribution in [0.25, 0.3) is 0 Å². The van der Waals surface area contributed by atoms with Crippen LogP contribution >= 0.6 is 31.9 Å². The molecule has 2 nitrogen and oxygen atoms in total. The van der Waals surface area contributed by atoms with Crippen molar-refractivity contribution in [3.63, 3.8) is 0 Å². The molecule has 0 saturated carbocycles. The van der Waals surface area contributed by atoms with Crippen molar-refractivity contribution >= 4 is 41.7 Å². The summed E-state index contributed by atoms with van der Waals surface area (Å²) in [5.74, 6) is 0.137. The van der Waals surface area contributed by atoms with E-state index in [1.165, 1.54) is 0 Å². The van der Waals surface area contributed by atoms with Gasteiger partial charge in [0.1, 0.15) is 0 Å². The Morgan fingerprint density at radius 2 is 1.71 bits per heavy atom. The lowest BCUT2D eigenvalue weighted by atomic mass is 10.2. The van der Waals surface area contributed by atoms with Gasteiger partial charge in [-0.25, -0.2) is 8.42 Å². The number of hydrogen-bond donors (Lipinski definition) is 0. The van der Waals surface area contributed by atoms with Crippen molar-refractivity contribution in [3.05, 3.63) is 29.8 Å². The summed E-state index contributed by atoms with van der Waals surface area (Å²) in [7, 11) is -3.07. The molecule has 1 aromatic rings. The van der Waals surface area contributed by atoms with E-state index < -0.39 is 9.84 Å². The largest absolute Gasteiger partial charge is 0.224 e. The van der Waals surface area contributed by atoms with Crippen LogP contribution in [-0.4, -0.2) is 14.2 Å². The Bertz CT molecular complexity index is 395. The summed E-state index contributed by atoms with van der Waals surface area (Å²) < 4.78 is 23.0. The highest BCUT2D eigenvalue weighted by atomic mass is 79.9. The van der Waals surface area contributed by atoms with Crippen LogP contribution in [0.4, 0.5) is 0 Å². The molecule has 0 fully saturated rings. The maximum atomic E-state index is 11.5. The summed E-state index contributed by atoms with van der Waals surface area (Å²) in [5, 5.41) is 0. The Morgan fingerprint density at radius 3 is 2.07 bits per heavy atom. The second-order valence-electron chi connectivity index (χ2n) is 2.77. The van der Waals surface area contributed by atoms with Crippen LogP contribution < -0.4 is 0 Å². The molecule has 5 heteroatoms. The van der Waals surface area contributed by atoms with Gasteiger partial charge in [0.15, 0.2) is 9.84 Å². The van der Waals surface area contributed by atoms with E-state index in [4.69, 9.17) is 0 Å². The number of sulfone groups is 1. The van der Waals surface area contributed by atoms with Gasteiger partial charge in [0.25, 0.3) is 0 Å². The van der Waals surface area contributed by atoms with E-state index in [0.717, 1.165) is 5.56 Å². The number of halogens is 2. The van der Waals surface area contributed by atoms with Crippen molar-refractivity contribution in [1.82, 2.24) is 0 Å². The van der Waals surface area contributed by atoms with Gasteiger partial charge in [0.05, 0.1) is 14.4 Å². The summed E-state index contributed by atoms with van der Waals surface area (Å²) in [4.78, 5) is 0.379. The normalized spacial score (nSPS) is 12.0. The van der Waals surface area contributed by atoms with Gasteiger partial charge in [0.2, 0.25) is 0 Å². The highest BCUT2D eigenvalue weighted by Gasteiger charge is 2.11. The first-order valence-corrected chi connectivity index (χ1v) is 7.56. The van der Waals surface area contributed by atoms with Gasteiger partial charge in [-0.15, -0.1) is 0 Å². The van der Waals surface area contributed by atoms with Gasteiger partial charge >= 0.3 is 0 Å². The molecule has 1 aromatic carbocycles. The van der Waals surface area contributed by atoms with Crippen molar-refractivity contribution in [1.29, 1.82) is 0 Å². The summed E-state index contributed by atoms with van der Waals surface area (Å²) in [6, 6.07) is 6.83. The molecule has 0 heterocycles. The Kier molecular flexibility index (Phi) is 4.15. The molecule has 0 aromatic heterocycles. The molecule has 0 radical (unpaired) electrons. The molecule has 1 rings (SSSR count). The molecule has 0 aliphatic carbocycles. The Labute approximate surface area is 101 Å². The molecule has 0 spiro atoms. The first-order valence-electron chi connectivity index (χ1n) is 4.08. The molecule has 14 heavy (non-hydrogen) atoms. The molecule has 0 saturated heterocycles. The van der Waals surface area contributed by atoms with Crippen molar-refractivity contribution < 1.29 is 8.42 Å². The predicted octanol–water partition coefficient (Wildman–Crippen LogP) is 3.27. The van der Waals surface area contributed by atoms with E-state index in [1.807, 2.05) is 0 Å². The maximum Gasteiger partial charge on any atom is 0.178 e. The van der Waals surface area contributed by atoms with Crippen molar-refractivity contribution in [2.75, 3.05) is 5.75 Å². The first kappa shape index (κ1) is 12.2. The molecule has 0 aliphatic rings. The summed E-state index contributed by atoms with van der Waals surface area (Å²) in [6.07, 6.45) is 0. The second-order valence-corrected chi connectivity index (χ2v) is 8.11. The van der Waals surface area contributed by atoms with E-state index in [9.17, 15) is 8.42 Å². The molecular weight excluding hydrogens is 332 g/mol. The van der Waals surface area contributed by atoms with Crippen molar-refractivity contribution in [2.24, 2.45) is 0 Å². The summed E-state index contributed by atoms with van der Waals surface area (Å²) in [6.45, 7) is 1.64. The highest BCUT2D eigenvalue weighted by molar-refractivity contribution is 9.24. The van der Waals surface area contributed by atoms with E-state index in [-0.39, 0.29) is 9.49 Å². The quantitative estimate of drug-likeness (QED) is 0.791. The molecular formula is C9H10Br2O2S. The zero-order valence-corrected chi connectivity index (χ0v) is 11.6. The molecule has 0 bridgehead atoms. The average molecular weight is 342 g/mol. The standard InChI is InChI=1S/C9H10Br2O2S/c1-2-14(12,13)8-5-3-7(4-6-8)9(10)11/h3-6,9H,2H2,1H3. The smallest absolute Gasteiger partial charge is 0.178 e.